The van der Waals surface area contributed by atoms with E-state index in [0.717, 1.165) is 0 Å². The molecule has 0 saturated carbocycles. The average molecular weight is 306 g/mol. The summed E-state index contributed by atoms with van der Waals surface area (Å²) in [6.07, 6.45) is -0.375. The van der Waals surface area contributed by atoms with Gasteiger partial charge in [0, 0.05) is 18.6 Å². The summed E-state index contributed by atoms with van der Waals surface area (Å²) in [5.41, 5.74) is 3.38. The van der Waals surface area contributed by atoms with Gasteiger partial charge in [-0.2, -0.15) is 0 Å². The predicted octanol–water partition coefficient (Wildman–Crippen LogP) is 3.87. The van der Waals surface area contributed by atoms with Crippen LogP contribution in [0.5, 0.6) is 0 Å². The molecule has 0 aliphatic rings. The highest BCUT2D eigenvalue weighted by atomic mass is 16.6. The topological polar surface area (TPSA) is 50.4 Å². The molecule has 0 fully saturated rings. The quantitative estimate of drug-likeness (QED) is 0.868. The average Bonchev–Trinajstić information content (AvgIpc) is 2.34. The van der Waals surface area contributed by atoms with E-state index in [2.05, 4.69) is 56.5 Å². The van der Waals surface area contributed by atoms with Gasteiger partial charge >= 0.3 is 6.09 Å². The van der Waals surface area contributed by atoms with Gasteiger partial charge in [0.15, 0.2) is 0 Å². The minimum absolute atomic E-state index is 0.156. The maximum atomic E-state index is 11.6. The molecule has 22 heavy (non-hydrogen) atoms. The van der Waals surface area contributed by atoms with E-state index in [0.29, 0.717) is 6.54 Å². The zero-order valence-corrected chi connectivity index (χ0v) is 14.9. The molecule has 0 saturated heterocycles. The van der Waals surface area contributed by atoms with Crippen molar-refractivity contribution in [2.45, 2.75) is 66.2 Å². The van der Waals surface area contributed by atoms with Crippen molar-refractivity contribution in [3.63, 3.8) is 0 Å². The first-order valence-corrected chi connectivity index (χ1v) is 7.88. The number of carbonyl (C=O) groups is 1. The first-order valence-electron chi connectivity index (χ1n) is 7.88. The molecule has 0 aliphatic heterocycles. The highest BCUT2D eigenvalue weighted by Gasteiger charge is 2.17. The van der Waals surface area contributed by atoms with Crippen molar-refractivity contribution in [3.05, 3.63) is 34.9 Å². The highest BCUT2D eigenvalue weighted by Crippen LogP contribution is 2.19. The summed E-state index contributed by atoms with van der Waals surface area (Å²) in [4.78, 5) is 11.6. The Balaban J connectivity index is 2.47. The molecule has 0 bridgehead atoms. The molecule has 4 heteroatoms. The Labute approximate surface area is 134 Å². The van der Waals surface area contributed by atoms with E-state index >= 15 is 0 Å². The van der Waals surface area contributed by atoms with Crippen LogP contribution >= 0.6 is 0 Å². The number of amides is 1. The molecule has 2 N–H and O–H groups in total. The summed E-state index contributed by atoms with van der Waals surface area (Å²) in [7, 11) is 0. The zero-order chi connectivity index (χ0) is 16.9. The van der Waals surface area contributed by atoms with Gasteiger partial charge in [-0.05, 0) is 59.6 Å². The van der Waals surface area contributed by atoms with Crippen LogP contribution in [0.15, 0.2) is 18.2 Å². The zero-order valence-electron chi connectivity index (χ0n) is 14.9. The fraction of sp³-hybridized carbons (Fsp3) is 0.611. The van der Waals surface area contributed by atoms with Crippen molar-refractivity contribution in [2.24, 2.45) is 0 Å². The van der Waals surface area contributed by atoms with Gasteiger partial charge in [-0.15, -0.1) is 0 Å². The molecule has 0 radical (unpaired) electrons. The Hall–Kier alpha value is -1.55. The lowest BCUT2D eigenvalue weighted by atomic mass is 10.00. The van der Waals surface area contributed by atoms with Crippen LogP contribution in [-0.4, -0.2) is 24.3 Å². The summed E-state index contributed by atoms with van der Waals surface area (Å²) in [6, 6.07) is 6.87. The molecule has 1 aromatic rings. The number of hydrogen-bond donors (Lipinski definition) is 2. The van der Waals surface area contributed by atoms with Crippen molar-refractivity contribution in [3.8, 4) is 0 Å². The van der Waals surface area contributed by atoms with Crippen molar-refractivity contribution in [1.29, 1.82) is 0 Å². The molecule has 2 unspecified atom stereocenters. The molecule has 0 aromatic heterocycles. The number of rotatable bonds is 5. The summed E-state index contributed by atoms with van der Waals surface area (Å²) >= 11 is 0. The van der Waals surface area contributed by atoms with Crippen LogP contribution in [0, 0.1) is 13.8 Å². The lowest BCUT2D eigenvalue weighted by molar-refractivity contribution is 0.0522. The fourth-order valence-electron chi connectivity index (χ4n) is 2.44. The first-order chi connectivity index (χ1) is 10.1. The Morgan fingerprint density at radius 1 is 1.23 bits per heavy atom. The number of aryl methyl sites for hydroxylation is 2. The van der Waals surface area contributed by atoms with E-state index in [9.17, 15) is 4.79 Å². The van der Waals surface area contributed by atoms with Gasteiger partial charge in [0.25, 0.3) is 0 Å². The van der Waals surface area contributed by atoms with E-state index in [-0.39, 0.29) is 18.2 Å². The number of benzene rings is 1. The smallest absolute Gasteiger partial charge is 0.407 e. The molecule has 2 atom stereocenters. The summed E-state index contributed by atoms with van der Waals surface area (Å²) < 4.78 is 5.23. The van der Waals surface area contributed by atoms with Gasteiger partial charge in [0.05, 0.1) is 0 Å². The number of alkyl carbamates (subject to hydrolysis) is 1. The maximum absolute atomic E-state index is 11.6. The van der Waals surface area contributed by atoms with Crippen LogP contribution in [0.3, 0.4) is 0 Å². The molecular formula is C18H30N2O2. The van der Waals surface area contributed by atoms with E-state index in [4.69, 9.17) is 4.74 Å². The molecule has 1 rings (SSSR count). The lowest BCUT2D eigenvalue weighted by Crippen LogP contribution is -2.42. The Morgan fingerprint density at radius 3 is 2.41 bits per heavy atom. The molecular weight excluding hydrogens is 276 g/mol. The number of ether oxygens (including phenoxy) is 1. The normalized spacial score (nSPS) is 14.3. The van der Waals surface area contributed by atoms with Crippen molar-refractivity contribution in [2.75, 3.05) is 6.54 Å². The van der Waals surface area contributed by atoms with Gasteiger partial charge in [-0.25, -0.2) is 4.79 Å². The minimum atomic E-state index is -0.465. The Morgan fingerprint density at radius 2 is 1.86 bits per heavy atom. The number of nitrogens with one attached hydrogen (secondary N) is 2. The number of hydrogen-bond acceptors (Lipinski definition) is 3. The van der Waals surface area contributed by atoms with E-state index in [1.54, 1.807) is 0 Å². The van der Waals surface area contributed by atoms with E-state index < -0.39 is 5.60 Å². The second-order valence-electron chi connectivity index (χ2n) is 7.03. The molecule has 0 spiro atoms. The number of carbonyl (C=O) groups excluding carboxylic acids is 1. The molecule has 124 valence electrons. The largest absolute Gasteiger partial charge is 0.444 e. The highest BCUT2D eigenvalue weighted by molar-refractivity contribution is 5.67. The molecule has 0 heterocycles. The summed E-state index contributed by atoms with van der Waals surface area (Å²) in [5, 5.41) is 6.30. The third kappa shape index (κ3) is 6.48. The standard InChI is InChI=1S/C18H30N2O2/c1-12-8-9-16(13(2)10-12)15(4)20-14(3)11-19-17(21)22-18(5,6)7/h8-10,14-15,20H,11H2,1-7H3,(H,19,21). The summed E-state index contributed by atoms with van der Waals surface area (Å²) in [6.45, 7) is 14.5. The van der Waals surface area contributed by atoms with Gasteiger partial charge in [0.1, 0.15) is 5.60 Å². The van der Waals surface area contributed by atoms with Crippen LogP contribution < -0.4 is 10.6 Å². The van der Waals surface area contributed by atoms with Crippen LogP contribution in [0.1, 0.15) is 57.4 Å². The van der Waals surface area contributed by atoms with Crippen molar-refractivity contribution in [1.82, 2.24) is 10.6 Å². The van der Waals surface area contributed by atoms with Gasteiger partial charge < -0.3 is 15.4 Å². The van der Waals surface area contributed by atoms with E-state index in [1.807, 2.05) is 20.8 Å². The SMILES string of the molecule is Cc1ccc(C(C)NC(C)CNC(=O)OC(C)(C)C)c(C)c1. The van der Waals surface area contributed by atoms with Crippen LogP contribution in [0.25, 0.3) is 0 Å². The van der Waals surface area contributed by atoms with Gasteiger partial charge in [0.2, 0.25) is 0 Å². The molecule has 4 nitrogen and oxygen atoms in total. The van der Waals surface area contributed by atoms with Crippen molar-refractivity contribution >= 4 is 6.09 Å². The van der Waals surface area contributed by atoms with Crippen LogP contribution in [0.2, 0.25) is 0 Å². The van der Waals surface area contributed by atoms with Crippen LogP contribution in [0.4, 0.5) is 4.79 Å². The maximum Gasteiger partial charge on any atom is 0.407 e. The molecule has 1 aromatic carbocycles. The van der Waals surface area contributed by atoms with E-state index in [1.165, 1.54) is 16.7 Å². The van der Waals surface area contributed by atoms with Gasteiger partial charge in [-0.3, -0.25) is 0 Å². The van der Waals surface area contributed by atoms with Crippen molar-refractivity contribution < 1.29 is 9.53 Å². The first kappa shape index (κ1) is 18.5. The van der Waals surface area contributed by atoms with Gasteiger partial charge in [-0.1, -0.05) is 23.8 Å². The monoisotopic (exact) mass is 306 g/mol. The summed E-state index contributed by atoms with van der Waals surface area (Å²) in [5.74, 6) is 0. The Bertz CT molecular complexity index is 506. The third-order valence-electron chi connectivity index (χ3n) is 3.38. The van der Waals surface area contributed by atoms with Crippen LogP contribution in [-0.2, 0) is 4.74 Å². The lowest BCUT2D eigenvalue weighted by Gasteiger charge is -2.24. The molecule has 1 amide bonds. The minimum Gasteiger partial charge on any atom is -0.444 e. The third-order valence-corrected chi connectivity index (χ3v) is 3.38. The fourth-order valence-corrected chi connectivity index (χ4v) is 2.44. The second-order valence-corrected chi connectivity index (χ2v) is 7.03. The molecule has 0 aliphatic carbocycles. The Kier molecular flexibility index (Phi) is 6.42. The second kappa shape index (κ2) is 7.63. The predicted molar refractivity (Wildman–Crippen MR) is 91.2 cm³/mol.